The van der Waals surface area contributed by atoms with Gasteiger partial charge in [0, 0.05) is 6.54 Å². The molecule has 0 aliphatic carbocycles. The van der Waals surface area contributed by atoms with Gasteiger partial charge in [-0.15, -0.1) is 0 Å². The average Bonchev–Trinajstić information content (AvgIpc) is 2.39. The van der Waals surface area contributed by atoms with Crippen molar-refractivity contribution in [1.82, 2.24) is 10.6 Å². The highest BCUT2D eigenvalue weighted by Gasteiger charge is 2.18. The molecule has 80 valence electrons. The van der Waals surface area contributed by atoms with E-state index in [-0.39, 0.29) is 11.9 Å². The van der Waals surface area contributed by atoms with Crippen molar-refractivity contribution in [2.45, 2.75) is 38.6 Å². The van der Waals surface area contributed by atoms with Crippen molar-refractivity contribution in [3.05, 3.63) is 12.2 Å². The molecule has 1 unspecified atom stereocenters. The van der Waals surface area contributed by atoms with E-state index in [4.69, 9.17) is 0 Å². The third-order valence-corrected chi connectivity index (χ3v) is 2.47. The molecule has 1 aliphatic heterocycles. The van der Waals surface area contributed by atoms with E-state index >= 15 is 0 Å². The number of carbonyl (C=O) groups excluding carboxylic acids is 1. The van der Waals surface area contributed by atoms with Crippen molar-refractivity contribution in [3.63, 3.8) is 0 Å². The number of rotatable bonds is 4. The van der Waals surface area contributed by atoms with Crippen LogP contribution in [0.4, 0.5) is 0 Å². The van der Waals surface area contributed by atoms with Crippen molar-refractivity contribution in [1.29, 1.82) is 0 Å². The van der Waals surface area contributed by atoms with E-state index in [0.29, 0.717) is 0 Å². The highest BCUT2D eigenvalue weighted by molar-refractivity contribution is 5.81. The van der Waals surface area contributed by atoms with Crippen LogP contribution >= 0.6 is 0 Å². The van der Waals surface area contributed by atoms with Crippen LogP contribution in [-0.4, -0.2) is 25.0 Å². The molecule has 1 fully saturated rings. The van der Waals surface area contributed by atoms with Crippen molar-refractivity contribution >= 4 is 5.91 Å². The summed E-state index contributed by atoms with van der Waals surface area (Å²) in [5, 5.41) is 6.20. The summed E-state index contributed by atoms with van der Waals surface area (Å²) < 4.78 is 0. The van der Waals surface area contributed by atoms with Gasteiger partial charge < -0.3 is 10.6 Å². The van der Waals surface area contributed by atoms with Gasteiger partial charge in [-0.05, 0) is 39.2 Å². The van der Waals surface area contributed by atoms with Crippen molar-refractivity contribution in [3.8, 4) is 0 Å². The van der Waals surface area contributed by atoms with Gasteiger partial charge in [0.1, 0.15) is 0 Å². The molecule has 0 aromatic carbocycles. The van der Waals surface area contributed by atoms with Crippen LogP contribution in [-0.2, 0) is 4.79 Å². The smallest absolute Gasteiger partial charge is 0.237 e. The number of nitrogens with one attached hydrogen (secondary N) is 2. The Bertz CT molecular complexity index is 201. The third kappa shape index (κ3) is 3.92. The summed E-state index contributed by atoms with van der Waals surface area (Å²) in [4.78, 5) is 11.5. The molecule has 1 heterocycles. The molecule has 0 saturated carbocycles. The molecule has 0 aromatic heterocycles. The molecule has 1 aliphatic rings. The lowest BCUT2D eigenvalue weighted by Gasteiger charge is -2.14. The number of allylic oxidation sites excluding steroid dienone is 1. The Kier molecular flexibility index (Phi) is 5.30. The molecule has 2 N–H and O–H groups in total. The Morgan fingerprint density at radius 3 is 3.21 bits per heavy atom. The molecular formula is C11H20N2O. The number of amides is 1. The van der Waals surface area contributed by atoms with Gasteiger partial charge in [-0.25, -0.2) is 0 Å². The number of carbonyl (C=O) groups is 1. The molecule has 0 spiro atoms. The standard InChI is InChI=1S/C11H20N2O/c1-2-3-5-8-12-10-7-4-6-9-13-11(10)14/h2-3,10,12H,4-9H2,1H3,(H,13,14)/b3-2+. The van der Waals surface area contributed by atoms with E-state index in [1.165, 1.54) is 0 Å². The predicted molar refractivity (Wildman–Crippen MR) is 58.1 cm³/mol. The lowest BCUT2D eigenvalue weighted by Crippen LogP contribution is -2.43. The zero-order chi connectivity index (χ0) is 10.2. The molecule has 1 saturated heterocycles. The Morgan fingerprint density at radius 2 is 2.43 bits per heavy atom. The second kappa shape index (κ2) is 6.60. The molecule has 0 radical (unpaired) electrons. The van der Waals surface area contributed by atoms with Crippen LogP contribution in [0.15, 0.2) is 12.2 Å². The molecule has 0 bridgehead atoms. The second-order valence-electron chi connectivity index (χ2n) is 3.65. The topological polar surface area (TPSA) is 41.1 Å². The van der Waals surface area contributed by atoms with Crippen LogP contribution in [0.25, 0.3) is 0 Å². The van der Waals surface area contributed by atoms with Crippen LogP contribution in [0.3, 0.4) is 0 Å². The van der Waals surface area contributed by atoms with Gasteiger partial charge in [0.15, 0.2) is 0 Å². The van der Waals surface area contributed by atoms with Gasteiger partial charge >= 0.3 is 0 Å². The van der Waals surface area contributed by atoms with Gasteiger partial charge in [-0.1, -0.05) is 12.2 Å². The summed E-state index contributed by atoms with van der Waals surface area (Å²) in [7, 11) is 0. The third-order valence-electron chi connectivity index (χ3n) is 2.47. The van der Waals surface area contributed by atoms with Gasteiger partial charge in [0.2, 0.25) is 5.91 Å². The lowest BCUT2D eigenvalue weighted by molar-refractivity contribution is -0.122. The first-order valence-electron chi connectivity index (χ1n) is 5.47. The largest absolute Gasteiger partial charge is 0.355 e. The summed E-state index contributed by atoms with van der Waals surface area (Å²) in [6.07, 6.45) is 8.37. The molecule has 3 heteroatoms. The molecule has 3 nitrogen and oxygen atoms in total. The second-order valence-corrected chi connectivity index (χ2v) is 3.65. The Labute approximate surface area is 86.0 Å². The zero-order valence-electron chi connectivity index (χ0n) is 8.88. The Morgan fingerprint density at radius 1 is 1.57 bits per heavy atom. The lowest BCUT2D eigenvalue weighted by atomic mass is 10.1. The van der Waals surface area contributed by atoms with Gasteiger partial charge in [-0.2, -0.15) is 0 Å². The van der Waals surface area contributed by atoms with Crippen LogP contribution in [0.2, 0.25) is 0 Å². The van der Waals surface area contributed by atoms with Crippen LogP contribution in [0.1, 0.15) is 32.6 Å². The van der Waals surface area contributed by atoms with Crippen molar-refractivity contribution < 1.29 is 4.79 Å². The highest BCUT2D eigenvalue weighted by atomic mass is 16.2. The first-order chi connectivity index (χ1) is 6.84. The van der Waals surface area contributed by atoms with Crippen LogP contribution in [0, 0.1) is 0 Å². The van der Waals surface area contributed by atoms with Crippen molar-refractivity contribution in [2.24, 2.45) is 0 Å². The SMILES string of the molecule is C/C=C/CCNC1CCCCNC1=O. The Balaban J connectivity index is 2.23. The van der Waals surface area contributed by atoms with Crippen LogP contribution < -0.4 is 10.6 Å². The minimum Gasteiger partial charge on any atom is -0.355 e. The number of hydrogen-bond donors (Lipinski definition) is 2. The minimum atomic E-state index is 0.0303. The quantitative estimate of drug-likeness (QED) is 0.524. The molecule has 1 amide bonds. The molecule has 1 rings (SSSR count). The summed E-state index contributed by atoms with van der Waals surface area (Å²) in [5.41, 5.74) is 0. The average molecular weight is 196 g/mol. The summed E-state index contributed by atoms with van der Waals surface area (Å²) in [6, 6.07) is 0.0303. The van der Waals surface area contributed by atoms with E-state index in [0.717, 1.165) is 38.8 Å². The first-order valence-corrected chi connectivity index (χ1v) is 5.47. The van der Waals surface area contributed by atoms with Gasteiger partial charge in [-0.3, -0.25) is 4.79 Å². The molecule has 0 aromatic rings. The van der Waals surface area contributed by atoms with E-state index in [9.17, 15) is 4.79 Å². The van der Waals surface area contributed by atoms with E-state index in [1.807, 2.05) is 13.0 Å². The van der Waals surface area contributed by atoms with E-state index < -0.39 is 0 Å². The maximum absolute atomic E-state index is 11.5. The zero-order valence-corrected chi connectivity index (χ0v) is 8.88. The number of hydrogen-bond acceptors (Lipinski definition) is 2. The van der Waals surface area contributed by atoms with Gasteiger partial charge in [0.05, 0.1) is 6.04 Å². The van der Waals surface area contributed by atoms with Gasteiger partial charge in [0.25, 0.3) is 0 Å². The normalized spacial score (nSPS) is 23.5. The van der Waals surface area contributed by atoms with E-state index in [2.05, 4.69) is 16.7 Å². The fourth-order valence-corrected chi connectivity index (χ4v) is 1.64. The summed E-state index contributed by atoms with van der Waals surface area (Å²) >= 11 is 0. The van der Waals surface area contributed by atoms with E-state index in [1.54, 1.807) is 0 Å². The maximum Gasteiger partial charge on any atom is 0.237 e. The van der Waals surface area contributed by atoms with Crippen LogP contribution in [0.5, 0.6) is 0 Å². The monoisotopic (exact) mass is 196 g/mol. The maximum atomic E-state index is 11.5. The molecule has 14 heavy (non-hydrogen) atoms. The fourth-order valence-electron chi connectivity index (χ4n) is 1.64. The summed E-state index contributed by atoms with van der Waals surface area (Å²) in [6.45, 7) is 3.74. The van der Waals surface area contributed by atoms with Crippen molar-refractivity contribution in [2.75, 3.05) is 13.1 Å². The molecule has 1 atom stereocenters. The first kappa shape index (κ1) is 11.2. The minimum absolute atomic E-state index is 0.0303. The predicted octanol–water partition coefficient (Wildman–Crippen LogP) is 1.21. The summed E-state index contributed by atoms with van der Waals surface area (Å²) in [5.74, 6) is 0.169. The Hall–Kier alpha value is -0.830. The fraction of sp³-hybridized carbons (Fsp3) is 0.727. The highest BCUT2D eigenvalue weighted by Crippen LogP contribution is 2.04. The molecular weight excluding hydrogens is 176 g/mol.